The molecule has 0 bridgehead atoms. The number of rotatable bonds is 6. The molecule has 36 heavy (non-hydrogen) atoms. The molecule has 0 spiro atoms. The van der Waals surface area contributed by atoms with Gasteiger partial charge >= 0.3 is 6.03 Å². The molecule has 0 saturated carbocycles. The summed E-state index contributed by atoms with van der Waals surface area (Å²) in [6.07, 6.45) is 3.41. The second kappa shape index (κ2) is 10.0. The van der Waals surface area contributed by atoms with Crippen molar-refractivity contribution in [1.82, 2.24) is 4.98 Å². The lowest BCUT2D eigenvalue weighted by molar-refractivity contribution is 0.256. The SMILES string of the molecule is COc1ccccc1NC(=O)N1CCCc2cc(Oc3ccnc4cc(OC)c(OC)cc34)ccc21. The first-order valence-corrected chi connectivity index (χ1v) is 11.6. The molecule has 0 saturated heterocycles. The molecule has 0 aliphatic carbocycles. The Morgan fingerprint density at radius 1 is 0.889 bits per heavy atom. The number of carbonyl (C=O) groups excluding carboxylic acids is 1. The Hall–Kier alpha value is -4.46. The quantitative estimate of drug-likeness (QED) is 0.359. The molecule has 0 radical (unpaired) electrons. The largest absolute Gasteiger partial charge is 0.495 e. The average molecular weight is 486 g/mol. The summed E-state index contributed by atoms with van der Waals surface area (Å²) in [5.74, 6) is 3.16. The molecule has 5 rings (SSSR count). The van der Waals surface area contributed by atoms with E-state index in [2.05, 4.69) is 10.3 Å². The van der Waals surface area contributed by atoms with E-state index in [0.717, 1.165) is 35.0 Å². The van der Waals surface area contributed by atoms with Crippen molar-refractivity contribution in [3.63, 3.8) is 0 Å². The maximum absolute atomic E-state index is 13.1. The van der Waals surface area contributed by atoms with Crippen molar-refractivity contribution in [3.05, 3.63) is 72.4 Å². The highest BCUT2D eigenvalue weighted by molar-refractivity contribution is 6.03. The fraction of sp³-hybridized carbons (Fsp3) is 0.214. The van der Waals surface area contributed by atoms with Crippen molar-refractivity contribution in [1.29, 1.82) is 0 Å². The Kier molecular flexibility index (Phi) is 6.49. The number of anilines is 2. The van der Waals surface area contributed by atoms with Gasteiger partial charge in [-0.2, -0.15) is 0 Å². The van der Waals surface area contributed by atoms with E-state index in [-0.39, 0.29) is 6.03 Å². The number of fused-ring (bicyclic) bond motifs is 2. The predicted molar refractivity (Wildman–Crippen MR) is 139 cm³/mol. The van der Waals surface area contributed by atoms with E-state index < -0.39 is 0 Å². The van der Waals surface area contributed by atoms with Gasteiger partial charge in [-0.15, -0.1) is 0 Å². The Labute approximate surface area is 209 Å². The van der Waals surface area contributed by atoms with Crippen LogP contribution >= 0.6 is 0 Å². The number of hydrogen-bond acceptors (Lipinski definition) is 6. The van der Waals surface area contributed by atoms with E-state index in [1.165, 1.54) is 0 Å². The van der Waals surface area contributed by atoms with Gasteiger partial charge in [0.1, 0.15) is 17.2 Å². The van der Waals surface area contributed by atoms with Crippen molar-refractivity contribution >= 4 is 28.3 Å². The molecule has 0 fully saturated rings. The molecule has 1 aliphatic rings. The minimum atomic E-state index is -0.199. The normalized spacial score (nSPS) is 12.6. The number of para-hydroxylation sites is 2. The molecule has 0 unspecified atom stereocenters. The van der Waals surface area contributed by atoms with Gasteiger partial charge in [0, 0.05) is 29.9 Å². The van der Waals surface area contributed by atoms with Crippen LogP contribution < -0.4 is 29.2 Å². The predicted octanol–water partition coefficient (Wildman–Crippen LogP) is 6.04. The minimum Gasteiger partial charge on any atom is -0.495 e. The second-order valence-electron chi connectivity index (χ2n) is 8.31. The lowest BCUT2D eigenvalue weighted by Gasteiger charge is -2.30. The summed E-state index contributed by atoms with van der Waals surface area (Å²) >= 11 is 0. The third-order valence-electron chi connectivity index (χ3n) is 6.20. The molecule has 3 aromatic carbocycles. The number of carbonyl (C=O) groups is 1. The summed E-state index contributed by atoms with van der Waals surface area (Å²) in [5.41, 5.74) is 3.29. The molecular weight excluding hydrogens is 458 g/mol. The smallest absolute Gasteiger partial charge is 0.326 e. The van der Waals surface area contributed by atoms with Gasteiger partial charge in [0.2, 0.25) is 0 Å². The standard InChI is InChI=1S/C28H27N3O5/c1-33-25-9-5-4-8-21(25)30-28(32)31-14-6-7-18-15-19(10-11-23(18)31)36-24-12-13-29-22-17-27(35-3)26(34-2)16-20(22)24/h4-5,8-13,15-17H,6-7,14H2,1-3H3,(H,30,32). The van der Waals surface area contributed by atoms with E-state index >= 15 is 0 Å². The maximum Gasteiger partial charge on any atom is 0.326 e. The topological polar surface area (TPSA) is 82.2 Å². The van der Waals surface area contributed by atoms with Crippen LogP contribution in [0.4, 0.5) is 16.2 Å². The number of amides is 2. The number of methoxy groups -OCH3 is 3. The van der Waals surface area contributed by atoms with Gasteiger partial charge in [-0.25, -0.2) is 4.79 Å². The van der Waals surface area contributed by atoms with Crippen LogP contribution in [0, 0.1) is 0 Å². The fourth-order valence-corrected chi connectivity index (χ4v) is 4.44. The van der Waals surface area contributed by atoms with Crippen LogP contribution in [0.2, 0.25) is 0 Å². The summed E-state index contributed by atoms with van der Waals surface area (Å²) < 4.78 is 22.5. The number of pyridine rings is 1. The number of aromatic nitrogens is 1. The van der Waals surface area contributed by atoms with Crippen molar-refractivity contribution in [3.8, 4) is 28.7 Å². The number of hydrogen-bond donors (Lipinski definition) is 1. The second-order valence-corrected chi connectivity index (χ2v) is 8.31. The van der Waals surface area contributed by atoms with Gasteiger partial charge in [-0.05, 0) is 60.9 Å². The van der Waals surface area contributed by atoms with Crippen LogP contribution in [0.1, 0.15) is 12.0 Å². The molecule has 1 aliphatic heterocycles. The number of urea groups is 1. The highest BCUT2D eigenvalue weighted by Crippen LogP contribution is 2.38. The van der Waals surface area contributed by atoms with E-state index in [4.69, 9.17) is 18.9 Å². The zero-order valence-electron chi connectivity index (χ0n) is 20.4. The van der Waals surface area contributed by atoms with Gasteiger partial charge in [0.05, 0.1) is 32.5 Å². The molecule has 4 aromatic rings. The summed E-state index contributed by atoms with van der Waals surface area (Å²) in [4.78, 5) is 19.3. The van der Waals surface area contributed by atoms with Gasteiger partial charge in [-0.1, -0.05) is 12.1 Å². The van der Waals surface area contributed by atoms with Crippen LogP contribution in [-0.2, 0) is 6.42 Å². The minimum absolute atomic E-state index is 0.199. The molecular formula is C28H27N3O5. The first kappa shape index (κ1) is 23.3. The lowest BCUT2D eigenvalue weighted by atomic mass is 10.0. The highest BCUT2D eigenvalue weighted by Gasteiger charge is 2.24. The average Bonchev–Trinajstić information content (AvgIpc) is 2.92. The molecule has 184 valence electrons. The van der Waals surface area contributed by atoms with Crippen LogP contribution in [0.5, 0.6) is 28.7 Å². The zero-order valence-corrected chi connectivity index (χ0v) is 20.4. The molecule has 2 heterocycles. The van der Waals surface area contributed by atoms with Gasteiger partial charge in [0.25, 0.3) is 0 Å². The summed E-state index contributed by atoms with van der Waals surface area (Å²) in [5, 5.41) is 3.78. The van der Waals surface area contributed by atoms with Crippen molar-refractivity contribution in [2.75, 3.05) is 38.1 Å². The molecule has 1 aromatic heterocycles. The van der Waals surface area contributed by atoms with Crippen LogP contribution in [0.25, 0.3) is 10.9 Å². The number of benzene rings is 3. The molecule has 0 atom stereocenters. The monoisotopic (exact) mass is 485 g/mol. The van der Waals surface area contributed by atoms with E-state index in [0.29, 0.717) is 41.0 Å². The number of ether oxygens (including phenoxy) is 4. The summed E-state index contributed by atoms with van der Waals surface area (Å²) in [6.45, 7) is 0.630. The fourth-order valence-electron chi connectivity index (χ4n) is 4.44. The first-order chi connectivity index (χ1) is 17.6. The highest BCUT2D eigenvalue weighted by atomic mass is 16.5. The molecule has 1 N–H and O–H groups in total. The number of nitrogens with zero attached hydrogens (tertiary/aromatic N) is 2. The van der Waals surface area contributed by atoms with E-state index in [1.54, 1.807) is 32.4 Å². The van der Waals surface area contributed by atoms with Gasteiger partial charge < -0.3 is 24.3 Å². The van der Waals surface area contributed by atoms with Crippen molar-refractivity contribution < 1.29 is 23.7 Å². The third-order valence-corrected chi connectivity index (χ3v) is 6.20. The van der Waals surface area contributed by atoms with Crippen molar-refractivity contribution in [2.24, 2.45) is 0 Å². The van der Waals surface area contributed by atoms with Crippen LogP contribution in [-0.4, -0.2) is 38.9 Å². The summed E-state index contributed by atoms with van der Waals surface area (Å²) in [7, 11) is 4.78. The Bertz CT molecular complexity index is 1420. The molecule has 2 amide bonds. The van der Waals surface area contributed by atoms with Crippen LogP contribution in [0.15, 0.2) is 66.9 Å². The number of nitrogens with one attached hydrogen (secondary N) is 1. The third kappa shape index (κ3) is 4.45. The number of aryl methyl sites for hydroxylation is 1. The maximum atomic E-state index is 13.1. The Balaban J connectivity index is 1.41. The molecule has 8 nitrogen and oxygen atoms in total. The summed E-state index contributed by atoms with van der Waals surface area (Å²) in [6, 6.07) is 18.5. The van der Waals surface area contributed by atoms with E-state index in [9.17, 15) is 4.79 Å². The molecule has 8 heteroatoms. The van der Waals surface area contributed by atoms with E-state index in [1.807, 2.05) is 60.7 Å². The lowest BCUT2D eigenvalue weighted by Crippen LogP contribution is -2.38. The first-order valence-electron chi connectivity index (χ1n) is 11.6. The van der Waals surface area contributed by atoms with Gasteiger partial charge in [-0.3, -0.25) is 9.88 Å². The van der Waals surface area contributed by atoms with Crippen LogP contribution in [0.3, 0.4) is 0 Å². The Morgan fingerprint density at radius 2 is 1.67 bits per heavy atom. The zero-order chi connectivity index (χ0) is 25.1. The Morgan fingerprint density at radius 3 is 2.47 bits per heavy atom. The van der Waals surface area contributed by atoms with Gasteiger partial charge in [0.15, 0.2) is 11.5 Å². The van der Waals surface area contributed by atoms with Crippen molar-refractivity contribution in [2.45, 2.75) is 12.8 Å².